The Balaban J connectivity index is 2.33. The molecule has 1 fully saturated rings. The lowest BCUT2D eigenvalue weighted by Gasteiger charge is -2.09. The second-order valence-corrected chi connectivity index (χ2v) is 5.00. The number of esters is 1. The third kappa shape index (κ3) is 3.19. The lowest BCUT2D eigenvalue weighted by atomic mass is 10.1. The molecule has 1 aliphatic heterocycles. The van der Waals surface area contributed by atoms with Crippen molar-refractivity contribution in [2.45, 2.75) is 39.7 Å². The average Bonchev–Trinajstić information content (AvgIpc) is 3.06. The number of furan rings is 1. The summed E-state index contributed by atoms with van der Waals surface area (Å²) in [6, 6.07) is 0. The standard InChI is InChI=1S/C15H19NO6/c1-4-20-15(19)12-11(8(2)17)9(3)22-14(12)16-13(18)10-6-5-7-21-10/h10H,4-7H2,1-3H3,(H,16,18). The fourth-order valence-corrected chi connectivity index (χ4v) is 2.43. The van der Waals surface area contributed by atoms with Crippen molar-refractivity contribution in [3.63, 3.8) is 0 Å². The van der Waals surface area contributed by atoms with Gasteiger partial charge in [0.1, 0.15) is 17.4 Å². The van der Waals surface area contributed by atoms with Gasteiger partial charge in [-0.1, -0.05) is 0 Å². The van der Waals surface area contributed by atoms with E-state index in [2.05, 4.69) is 5.32 Å². The third-order valence-corrected chi connectivity index (χ3v) is 3.37. The number of nitrogens with one attached hydrogen (secondary N) is 1. The summed E-state index contributed by atoms with van der Waals surface area (Å²) in [6.07, 6.45) is 0.847. The van der Waals surface area contributed by atoms with Crippen molar-refractivity contribution in [1.29, 1.82) is 0 Å². The van der Waals surface area contributed by atoms with Crippen LogP contribution in [-0.4, -0.2) is 37.0 Å². The van der Waals surface area contributed by atoms with Crippen LogP contribution in [0.4, 0.5) is 5.88 Å². The zero-order chi connectivity index (χ0) is 16.3. The molecule has 2 heterocycles. The molecule has 7 nitrogen and oxygen atoms in total. The van der Waals surface area contributed by atoms with Gasteiger partial charge in [-0.25, -0.2) is 4.79 Å². The Morgan fingerprint density at radius 3 is 2.59 bits per heavy atom. The predicted molar refractivity (Wildman–Crippen MR) is 77.0 cm³/mol. The Morgan fingerprint density at radius 1 is 1.32 bits per heavy atom. The van der Waals surface area contributed by atoms with Crippen LogP contribution in [0.2, 0.25) is 0 Å². The van der Waals surface area contributed by atoms with Gasteiger partial charge in [-0.05, 0) is 33.6 Å². The van der Waals surface area contributed by atoms with Crippen LogP contribution in [0.5, 0.6) is 0 Å². The van der Waals surface area contributed by atoms with Gasteiger partial charge in [-0.3, -0.25) is 14.9 Å². The predicted octanol–water partition coefficient (Wildman–Crippen LogP) is 2.08. The normalized spacial score (nSPS) is 17.3. The van der Waals surface area contributed by atoms with Crippen molar-refractivity contribution >= 4 is 23.5 Å². The van der Waals surface area contributed by atoms with Crippen molar-refractivity contribution in [3.05, 3.63) is 16.9 Å². The minimum atomic E-state index is -0.702. The smallest absolute Gasteiger partial charge is 0.344 e. The zero-order valence-corrected chi connectivity index (χ0v) is 12.9. The van der Waals surface area contributed by atoms with Gasteiger partial charge in [0.15, 0.2) is 5.78 Å². The largest absolute Gasteiger partial charge is 0.462 e. The molecule has 120 valence electrons. The average molecular weight is 309 g/mol. The number of carbonyl (C=O) groups excluding carboxylic acids is 3. The highest BCUT2D eigenvalue weighted by molar-refractivity contribution is 6.11. The lowest BCUT2D eigenvalue weighted by molar-refractivity contribution is -0.124. The molecule has 7 heteroatoms. The summed E-state index contributed by atoms with van der Waals surface area (Å²) < 4.78 is 15.6. The molecule has 0 radical (unpaired) electrons. The van der Waals surface area contributed by atoms with E-state index in [1.807, 2.05) is 0 Å². The molecule has 1 aromatic rings. The van der Waals surface area contributed by atoms with Gasteiger partial charge in [0.25, 0.3) is 5.91 Å². The molecule has 22 heavy (non-hydrogen) atoms. The third-order valence-electron chi connectivity index (χ3n) is 3.37. The van der Waals surface area contributed by atoms with Gasteiger partial charge in [-0.15, -0.1) is 0 Å². The molecular weight excluding hydrogens is 290 g/mol. The minimum absolute atomic E-state index is 0.0433. The number of aryl methyl sites for hydroxylation is 1. The van der Waals surface area contributed by atoms with Crippen molar-refractivity contribution in [1.82, 2.24) is 0 Å². The van der Waals surface area contributed by atoms with E-state index in [4.69, 9.17) is 13.9 Å². The number of rotatable bonds is 5. The van der Waals surface area contributed by atoms with Crippen molar-refractivity contribution in [2.24, 2.45) is 0 Å². The lowest BCUT2D eigenvalue weighted by Crippen LogP contribution is -2.27. The highest BCUT2D eigenvalue weighted by atomic mass is 16.5. The number of amides is 1. The number of carbonyl (C=O) groups is 3. The molecule has 1 atom stereocenters. The van der Waals surface area contributed by atoms with Crippen LogP contribution in [0.25, 0.3) is 0 Å². The molecule has 0 saturated carbocycles. The summed E-state index contributed by atoms with van der Waals surface area (Å²) in [6.45, 7) is 5.22. The van der Waals surface area contributed by atoms with E-state index in [-0.39, 0.29) is 35.2 Å². The second kappa shape index (κ2) is 6.74. The Labute approximate surface area is 127 Å². The Bertz CT molecular complexity index is 597. The van der Waals surface area contributed by atoms with Crippen LogP contribution >= 0.6 is 0 Å². The first-order chi connectivity index (χ1) is 10.5. The summed E-state index contributed by atoms with van der Waals surface area (Å²) in [7, 11) is 0. The van der Waals surface area contributed by atoms with E-state index >= 15 is 0 Å². The van der Waals surface area contributed by atoms with E-state index in [9.17, 15) is 14.4 Å². The molecule has 1 aromatic heterocycles. The Hall–Kier alpha value is -2.15. The van der Waals surface area contributed by atoms with Crippen LogP contribution in [0, 0.1) is 6.92 Å². The summed E-state index contributed by atoms with van der Waals surface area (Å²) in [4.78, 5) is 35.9. The maximum Gasteiger partial charge on any atom is 0.344 e. The monoisotopic (exact) mass is 309 g/mol. The van der Waals surface area contributed by atoms with Crippen LogP contribution in [0.15, 0.2) is 4.42 Å². The maximum atomic E-state index is 12.1. The number of anilines is 1. The van der Waals surface area contributed by atoms with Gasteiger partial charge >= 0.3 is 5.97 Å². The number of ether oxygens (including phenoxy) is 2. The van der Waals surface area contributed by atoms with Gasteiger partial charge < -0.3 is 13.9 Å². The summed E-state index contributed by atoms with van der Waals surface area (Å²) in [5, 5.41) is 2.52. The van der Waals surface area contributed by atoms with Crippen LogP contribution in [0.1, 0.15) is 53.2 Å². The number of hydrogen-bond acceptors (Lipinski definition) is 6. The number of hydrogen-bond donors (Lipinski definition) is 1. The van der Waals surface area contributed by atoms with E-state index in [1.165, 1.54) is 6.92 Å². The molecule has 1 aliphatic rings. The van der Waals surface area contributed by atoms with Crippen molar-refractivity contribution in [2.75, 3.05) is 18.5 Å². The van der Waals surface area contributed by atoms with Gasteiger partial charge in [0.05, 0.1) is 12.2 Å². The second-order valence-electron chi connectivity index (χ2n) is 5.00. The molecular formula is C15H19NO6. The molecule has 1 saturated heterocycles. The van der Waals surface area contributed by atoms with Crippen LogP contribution in [0.3, 0.4) is 0 Å². The van der Waals surface area contributed by atoms with Crippen LogP contribution in [-0.2, 0) is 14.3 Å². The first kappa shape index (κ1) is 16.2. The maximum absolute atomic E-state index is 12.1. The van der Waals surface area contributed by atoms with Crippen molar-refractivity contribution in [3.8, 4) is 0 Å². The van der Waals surface area contributed by atoms with E-state index in [0.717, 1.165) is 6.42 Å². The first-order valence-corrected chi connectivity index (χ1v) is 7.19. The molecule has 0 aromatic carbocycles. The first-order valence-electron chi connectivity index (χ1n) is 7.19. The number of ketones is 1. The van der Waals surface area contributed by atoms with E-state index in [1.54, 1.807) is 13.8 Å². The highest BCUT2D eigenvalue weighted by Gasteiger charge is 2.31. The zero-order valence-electron chi connectivity index (χ0n) is 12.9. The van der Waals surface area contributed by atoms with Gasteiger partial charge in [-0.2, -0.15) is 0 Å². The molecule has 2 rings (SSSR count). The molecule has 0 spiro atoms. The number of Topliss-reactive ketones (excluding diaryl/α,β-unsaturated/α-hetero) is 1. The topological polar surface area (TPSA) is 94.8 Å². The molecule has 0 bridgehead atoms. The fraction of sp³-hybridized carbons (Fsp3) is 0.533. The molecule has 1 amide bonds. The molecule has 0 aliphatic carbocycles. The Morgan fingerprint density at radius 2 is 2.05 bits per heavy atom. The molecule has 1 N–H and O–H groups in total. The van der Waals surface area contributed by atoms with Gasteiger partial charge in [0.2, 0.25) is 5.88 Å². The quantitative estimate of drug-likeness (QED) is 0.661. The van der Waals surface area contributed by atoms with Crippen molar-refractivity contribution < 1.29 is 28.3 Å². The highest BCUT2D eigenvalue weighted by Crippen LogP contribution is 2.29. The summed E-state index contributed by atoms with van der Waals surface area (Å²) >= 11 is 0. The van der Waals surface area contributed by atoms with Crippen LogP contribution < -0.4 is 5.32 Å². The van der Waals surface area contributed by atoms with Gasteiger partial charge in [0, 0.05) is 6.61 Å². The van der Waals surface area contributed by atoms with E-state index < -0.39 is 18.0 Å². The Kier molecular flexibility index (Phi) is 4.97. The summed E-state index contributed by atoms with van der Waals surface area (Å²) in [5.41, 5.74) is 0.0827. The minimum Gasteiger partial charge on any atom is -0.462 e. The SMILES string of the molecule is CCOC(=O)c1c(NC(=O)C2CCCO2)oc(C)c1C(C)=O. The molecule has 1 unspecified atom stereocenters. The van der Waals surface area contributed by atoms with E-state index in [0.29, 0.717) is 13.0 Å². The fourth-order valence-electron chi connectivity index (χ4n) is 2.43. The summed E-state index contributed by atoms with van der Waals surface area (Å²) in [5.74, 6) is -1.24.